The number of nitrogens with one attached hydrogen (secondary N) is 2. The van der Waals surface area contributed by atoms with Crippen molar-refractivity contribution in [2.75, 3.05) is 11.3 Å². The number of hydrogen-bond acceptors (Lipinski definition) is 7. The third-order valence-electron chi connectivity index (χ3n) is 2.16. The van der Waals surface area contributed by atoms with Gasteiger partial charge in [-0.2, -0.15) is 13.5 Å². The number of sulfonamides is 1. The summed E-state index contributed by atoms with van der Waals surface area (Å²) in [5.41, 5.74) is -0.185. The second-order valence-corrected chi connectivity index (χ2v) is 5.13. The monoisotopic (exact) mass is 297 g/mol. The van der Waals surface area contributed by atoms with Crippen LogP contribution in [-0.4, -0.2) is 41.2 Å². The third kappa shape index (κ3) is 2.91. The summed E-state index contributed by atoms with van der Waals surface area (Å²) >= 11 is 0. The molecule has 0 unspecified atom stereocenters. The summed E-state index contributed by atoms with van der Waals surface area (Å²) in [5, 5.41) is 5.40. The molecule has 2 rings (SSSR count). The molecule has 2 aromatic heterocycles. The van der Waals surface area contributed by atoms with Gasteiger partial charge in [-0.15, -0.1) is 0 Å². The number of hydrogen-bond donors (Lipinski definition) is 2. The van der Waals surface area contributed by atoms with E-state index in [1.165, 1.54) is 18.5 Å². The van der Waals surface area contributed by atoms with E-state index in [0.717, 1.165) is 6.20 Å². The third-order valence-corrected chi connectivity index (χ3v) is 3.46. The fourth-order valence-electron chi connectivity index (χ4n) is 1.36. The number of aromatic nitrogens is 4. The lowest BCUT2D eigenvalue weighted by Crippen LogP contribution is -2.18. The summed E-state index contributed by atoms with van der Waals surface area (Å²) in [7, 11) is -4.06. The molecular weight excluding hydrogens is 286 g/mol. The first kappa shape index (κ1) is 13.9. The van der Waals surface area contributed by atoms with Crippen LogP contribution in [0.15, 0.2) is 29.7 Å². The zero-order valence-electron chi connectivity index (χ0n) is 10.4. The van der Waals surface area contributed by atoms with E-state index in [2.05, 4.69) is 24.9 Å². The maximum atomic E-state index is 12.1. The number of H-pyrrole nitrogens is 1. The van der Waals surface area contributed by atoms with Gasteiger partial charge in [-0.3, -0.25) is 5.10 Å². The number of rotatable bonds is 5. The second-order valence-electron chi connectivity index (χ2n) is 3.51. The quantitative estimate of drug-likeness (QED) is 0.753. The van der Waals surface area contributed by atoms with Crippen molar-refractivity contribution in [2.24, 2.45) is 0 Å². The van der Waals surface area contributed by atoms with Crippen LogP contribution in [-0.2, 0) is 14.8 Å². The smallest absolute Gasteiger partial charge is 0.342 e. The molecule has 0 atom stereocenters. The van der Waals surface area contributed by atoms with Crippen LogP contribution >= 0.6 is 0 Å². The second kappa shape index (κ2) is 5.65. The minimum atomic E-state index is -4.06. The Morgan fingerprint density at radius 2 is 2.10 bits per heavy atom. The summed E-state index contributed by atoms with van der Waals surface area (Å²) in [6, 6.07) is 1.54. The molecule has 2 N–H and O–H groups in total. The van der Waals surface area contributed by atoms with Gasteiger partial charge in [-0.05, 0) is 13.0 Å². The molecule has 0 saturated carbocycles. The SMILES string of the molecule is CCOC(=O)c1cn[nH]c1S(=O)(=O)Nc1ncccn1. The lowest BCUT2D eigenvalue weighted by atomic mass is 10.4. The molecule has 2 aromatic rings. The van der Waals surface area contributed by atoms with E-state index in [1.54, 1.807) is 6.92 Å². The molecule has 106 valence electrons. The number of esters is 1. The van der Waals surface area contributed by atoms with Gasteiger partial charge in [-0.25, -0.2) is 19.5 Å². The molecule has 0 fully saturated rings. The number of aromatic amines is 1. The number of nitrogens with zero attached hydrogens (tertiary/aromatic N) is 3. The largest absolute Gasteiger partial charge is 0.462 e. The topological polar surface area (TPSA) is 127 Å². The first-order valence-electron chi connectivity index (χ1n) is 5.55. The summed E-state index contributed by atoms with van der Waals surface area (Å²) in [6.45, 7) is 1.74. The van der Waals surface area contributed by atoms with Crippen molar-refractivity contribution in [2.45, 2.75) is 11.9 Å². The van der Waals surface area contributed by atoms with E-state index in [-0.39, 0.29) is 18.1 Å². The van der Waals surface area contributed by atoms with Crippen LogP contribution in [0, 0.1) is 0 Å². The van der Waals surface area contributed by atoms with E-state index < -0.39 is 21.0 Å². The Morgan fingerprint density at radius 3 is 2.75 bits per heavy atom. The highest BCUT2D eigenvalue weighted by Gasteiger charge is 2.26. The van der Waals surface area contributed by atoms with Crippen molar-refractivity contribution in [3.05, 3.63) is 30.2 Å². The molecule has 0 spiro atoms. The number of carbonyl (C=O) groups is 1. The molecular formula is C10H11N5O4S. The summed E-state index contributed by atoms with van der Waals surface area (Å²) < 4.78 is 31.1. The molecule has 0 aliphatic heterocycles. The molecule has 20 heavy (non-hydrogen) atoms. The van der Waals surface area contributed by atoms with E-state index in [1.807, 2.05) is 0 Å². The minimum Gasteiger partial charge on any atom is -0.462 e. The molecule has 0 radical (unpaired) electrons. The van der Waals surface area contributed by atoms with Gasteiger partial charge in [0.05, 0.1) is 12.8 Å². The first-order chi connectivity index (χ1) is 9.54. The zero-order chi connectivity index (χ0) is 14.6. The van der Waals surface area contributed by atoms with Crippen LogP contribution in [0.4, 0.5) is 5.95 Å². The Balaban J connectivity index is 2.31. The standard InChI is InChI=1S/C10H11N5O4S/c1-2-19-9(16)7-6-13-14-8(7)20(17,18)15-10-11-4-3-5-12-10/h3-6H,2H2,1H3,(H,13,14)(H,11,12,15). The van der Waals surface area contributed by atoms with Crippen molar-refractivity contribution in [1.29, 1.82) is 0 Å². The Labute approximate surface area is 114 Å². The van der Waals surface area contributed by atoms with Gasteiger partial charge in [0, 0.05) is 12.4 Å². The van der Waals surface area contributed by atoms with Gasteiger partial charge >= 0.3 is 5.97 Å². The van der Waals surface area contributed by atoms with Crippen molar-refractivity contribution >= 4 is 21.9 Å². The van der Waals surface area contributed by atoms with Crippen molar-refractivity contribution in [3.8, 4) is 0 Å². The van der Waals surface area contributed by atoms with E-state index in [0.29, 0.717) is 0 Å². The lowest BCUT2D eigenvalue weighted by Gasteiger charge is -2.06. The highest BCUT2D eigenvalue weighted by molar-refractivity contribution is 7.92. The van der Waals surface area contributed by atoms with Gasteiger partial charge in [0.2, 0.25) is 5.95 Å². The molecule has 10 heteroatoms. The van der Waals surface area contributed by atoms with Crippen LogP contribution in [0.2, 0.25) is 0 Å². The van der Waals surface area contributed by atoms with Crippen LogP contribution in [0.1, 0.15) is 17.3 Å². The van der Waals surface area contributed by atoms with Crippen molar-refractivity contribution in [3.63, 3.8) is 0 Å². The number of anilines is 1. The van der Waals surface area contributed by atoms with Crippen LogP contribution in [0.5, 0.6) is 0 Å². The van der Waals surface area contributed by atoms with Crippen molar-refractivity contribution < 1.29 is 17.9 Å². The average molecular weight is 297 g/mol. The van der Waals surface area contributed by atoms with Gasteiger partial charge in [0.1, 0.15) is 5.56 Å². The van der Waals surface area contributed by atoms with Crippen LogP contribution < -0.4 is 4.72 Å². The van der Waals surface area contributed by atoms with Gasteiger partial charge in [-0.1, -0.05) is 0 Å². The Hall–Kier alpha value is -2.49. The zero-order valence-corrected chi connectivity index (χ0v) is 11.2. The Kier molecular flexibility index (Phi) is 3.94. The molecule has 0 aliphatic carbocycles. The highest BCUT2D eigenvalue weighted by Crippen LogP contribution is 2.15. The summed E-state index contributed by atoms with van der Waals surface area (Å²) in [6.07, 6.45) is 3.84. The predicted molar refractivity (Wildman–Crippen MR) is 67.4 cm³/mol. The molecule has 0 amide bonds. The van der Waals surface area contributed by atoms with E-state index in [4.69, 9.17) is 4.74 Å². The maximum absolute atomic E-state index is 12.1. The number of ether oxygens (including phenoxy) is 1. The minimum absolute atomic E-state index is 0.114. The highest BCUT2D eigenvalue weighted by atomic mass is 32.2. The van der Waals surface area contributed by atoms with E-state index >= 15 is 0 Å². The fourth-order valence-corrected chi connectivity index (χ4v) is 2.40. The number of carbonyl (C=O) groups excluding carboxylic acids is 1. The molecule has 0 aromatic carbocycles. The first-order valence-corrected chi connectivity index (χ1v) is 7.03. The van der Waals surface area contributed by atoms with Gasteiger partial charge < -0.3 is 4.74 Å². The summed E-state index contributed by atoms with van der Waals surface area (Å²) in [5.74, 6) is -0.896. The van der Waals surface area contributed by atoms with Crippen LogP contribution in [0.25, 0.3) is 0 Å². The Morgan fingerprint density at radius 1 is 1.40 bits per heavy atom. The lowest BCUT2D eigenvalue weighted by molar-refractivity contribution is 0.0522. The molecule has 0 bridgehead atoms. The Bertz CT molecular complexity index is 697. The maximum Gasteiger partial charge on any atom is 0.342 e. The normalized spacial score (nSPS) is 11.1. The molecule has 0 aliphatic rings. The van der Waals surface area contributed by atoms with E-state index in [9.17, 15) is 13.2 Å². The molecule has 2 heterocycles. The summed E-state index contributed by atoms with van der Waals surface area (Å²) in [4.78, 5) is 19.1. The van der Waals surface area contributed by atoms with Crippen LogP contribution in [0.3, 0.4) is 0 Å². The molecule has 0 saturated heterocycles. The predicted octanol–water partition coefficient (Wildman–Crippen LogP) is 0.177. The van der Waals surface area contributed by atoms with Gasteiger partial charge in [0.15, 0.2) is 5.03 Å². The van der Waals surface area contributed by atoms with Gasteiger partial charge in [0.25, 0.3) is 10.0 Å². The molecule has 9 nitrogen and oxygen atoms in total. The fraction of sp³-hybridized carbons (Fsp3) is 0.200. The van der Waals surface area contributed by atoms with Crippen molar-refractivity contribution in [1.82, 2.24) is 20.2 Å². The average Bonchev–Trinajstić information content (AvgIpc) is 2.90.